The Balaban J connectivity index is 2.19. The second-order valence-corrected chi connectivity index (χ2v) is 6.09. The average Bonchev–Trinajstić information content (AvgIpc) is 2.48. The van der Waals surface area contributed by atoms with Gasteiger partial charge in [-0.1, -0.05) is 24.3 Å². The lowest BCUT2D eigenvalue weighted by molar-refractivity contribution is 1.22. The van der Waals surface area contributed by atoms with Gasteiger partial charge in [0.2, 0.25) is 0 Å². The largest absolute Gasteiger partial charge is 0.355 e. The number of aromatic nitrogens is 1. The number of rotatable bonds is 2. The van der Waals surface area contributed by atoms with Gasteiger partial charge in [0.25, 0.3) is 0 Å². The summed E-state index contributed by atoms with van der Waals surface area (Å²) in [7, 11) is 0. The lowest BCUT2D eigenvalue weighted by Gasteiger charge is -2.15. The van der Waals surface area contributed by atoms with Crippen LogP contribution in [0, 0.1) is 34.6 Å². The molecule has 0 aliphatic rings. The molecule has 0 fully saturated rings. The minimum Gasteiger partial charge on any atom is -0.355 e. The molecule has 3 rings (SSSR count). The van der Waals surface area contributed by atoms with Crippen molar-refractivity contribution in [2.75, 3.05) is 5.32 Å². The molecule has 0 saturated heterocycles. The van der Waals surface area contributed by atoms with Crippen LogP contribution >= 0.6 is 0 Å². The molecule has 0 unspecified atom stereocenters. The fraction of sp³-hybridized carbons (Fsp3) is 0.250. The van der Waals surface area contributed by atoms with E-state index in [1.807, 2.05) is 0 Å². The fourth-order valence-electron chi connectivity index (χ4n) is 2.79. The molecule has 1 N–H and O–H groups in total. The first-order chi connectivity index (χ1) is 10.5. The van der Waals surface area contributed by atoms with Crippen LogP contribution in [-0.4, -0.2) is 4.98 Å². The fourth-order valence-corrected chi connectivity index (χ4v) is 2.79. The van der Waals surface area contributed by atoms with Crippen molar-refractivity contribution in [1.29, 1.82) is 0 Å². The Morgan fingerprint density at radius 3 is 2.27 bits per heavy atom. The molecule has 0 aliphatic carbocycles. The highest BCUT2D eigenvalue weighted by atomic mass is 14.9. The van der Waals surface area contributed by atoms with E-state index in [4.69, 9.17) is 4.98 Å². The highest BCUT2D eigenvalue weighted by molar-refractivity contribution is 5.95. The van der Waals surface area contributed by atoms with E-state index >= 15 is 0 Å². The molecule has 0 bridgehead atoms. The summed E-state index contributed by atoms with van der Waals surface area (Å²) in [5.41, 5.74) is 9.53. The van der Waals surface area contributed by atoms with Crippen LogP contribution in [0.25, 0.3) is 10.9 Å². The molecule has 112 valence electrons. The number of hydrogen-bond donors (Lipinski definition) is 1. The van der Waals surface area contributed by atoms with Crippen molar-refractivity contribution in [2.45, 2.75) is 34.6 Å². The van der Waals surface area contributed by atoms with Gasteiger partial charge in [-0.15, -0.1) is 0 Å². The molecular weight excluding hydrogens is 268 g/mol. The molecular formula is C20H22N2. The van der Waals surface area contributed by atoms with Crippen LogP contribution in [0.3, 0.4) is 0 Å². The van der Waals surface area contributed by atoms with Crippen LogP contribution in [0.1, 0.15) is 27.9 Å². The molecule has 2 heteroatoms. The predicted molar refractivity (Wildman–Crippen MR) is 95.2 cm³/mol. The summed E-state index contributed by atoms with van der Waals surface area (Å²) in [6, 6.07) is 12.8. The smallest absolute Gasteiger partial charge is 0.0757 e. The number of nitrogens with one attached hydrogen (secondary N) is 1. The van der Waals surface area contributed by atoms with E-state index in [1.54, 1.807) is 0 Å². The minimum absolute atomic E-state index is 1.04. The van der Waals surface area contributed by atoms with E-state index in [0.29, 0.717) is 0 Å². The van der Waals surface area contributed by atoms with Crippen molar-refractivity contribution < 1.29 is 0 Å². The zero-order chi connectivity index (χ0) is 15.9. The van der Waals surface area contributed by atoms with Crippen molar-refractivity contribution in [1.82, 2.24) is 4.98 Å². The Morgan fingerprint density at radius 2 is 1.50 bits per heavy atom. The van der Waals surface area contributed by atoms with Gasteiger partial charge in [0.1, 0.15) is 0 Å². The Hall–Kier alpha value is -2.35. The van der Waals surface area contributed by atoms with Gasteiger partial charge >= 0.3 is 0 Å². The van der Waals surface area contributed by atoms with Crippen molar-refractivity contribution in [3.05, 3.63) is 64.3 Å². The standard InChI is InChI=1S/C20H22N2/c1-12-7-6-8-18(15(12)4)22-19-11-14(3)21-20-16(5)13(2)9-10-17(19)20/h6-11H,1-5H3,(H,21,22). The number of benzene rings is 2. The van der Waals surface area contributed by atoms with Gasteiger partial charge in [0.05, 0.1) is 5.52 Å². The predicted octanol–water partition coefficient (Wildman–Crippen LogP) is 5.52. The summed E-state index contributed by atoms with van der Waals surface area (Å²) in [6.07, 6.45) is 0. The second kappa shape index (κ2) is 5.45. The van der Waals surface area contributed by atoms with Crippen molar-refractivity contribution in [3.63, 3.8) is 0 Å². The van der Waals surface area contributed by atoms with Crippen LogP contribution in [0.15, 0.2) is 36.4 Å². The van der Waals surface area contributed by atoms with Crippen LogP contribution in [0.2, 0.25) is 0 Å². The highest BCUT2D eigenvalue weighted by Gasteiger charge is 2.09. The summed E-state index contributed by atoms with van der Waals surface area (Å²) in [5.74, 6) is 0. The third-order valence-electron chi connectivity index (χ3n) is 4.51. The third kappa shape index (κ3) is 2.45. The van der Waals surface area contributed by atoms with Crippen molar-refractivity contribution >= 4 is 22.3 Å². The first-order valence-electron chi connectivity index (χ1n) is 7.68. The summed E-state index contributed by atoms with van der Waals surface area (Å²) in [5, 5.41) is 4.78. The number of hydrogen-bond acceptors (Lipinski definition) is 2. The Labute approximate surface area is 132 Å². The highest BCUT2D eigenvalue weighted by Crippen LogP contribution is 2.31. The van der Waals surface area contributed by atoms with Crippen LogP contribution < -0.4 is 5.32 Å². The van der Waals surface area contributed by atoms with Crippen molar-refractivity contribution in [3.8, 4) is 0 Å². The molecule has 22 heavy (non-hydrogen) atoms. The van der Waals surface area contributed by atoms with E-state index in [0.717, 1.165) is 22.6 Å². The number of nitrogens with zero attached hydrogens (tertiary/aromatic N) is 1. The van der Waals surface area contributed by atoms with E-state index < -0.39 is 0 Å². The summed E-state index contributed by atoms with van der Waals surface area (Å²) < 4.78 is 0. The summed E-state index contributed by atoms with van der Waals surface area (Å²) >= 11 is 0. The lowest BCUT2D eigenvalue weighted by Crippen LogP contribution is -1.99. The Bertz CT molecular complexity index is 863. The molecule has 2 nitrogen and oxygen atoms in total. The van der Waals surface area contributed by atoms with Gasteiger partial charge in [-0.3, -0.25) is 4.98 Å². The maximum Gasteiger partial charge on any atom is 0.0757 e. The lowest BCUT2D eigenvalue weighted by atomic mass is 10.0. The van der Waals surface area contributed by atoms with Crippen LogP contribution in [0.4, 0.5) is 11.4 Å². The van der Waals surface area contributed by atoms with E-state index in [2.05, 4.69) is 76.3 Å². The SMILES string of the molecule is Cc1cc(Nc2cccc(C)c2C)c2ccc(C)c(C)c2n1. The van der Waals surface area contributed by atoms with Crippen LogP contribution in [0.5, 0.6) is 0 Å². The zero-order valence-electron chi connectivity index (χ0n) is 13.9. The number of aryl methyl sites for hydroxylation is 4. The van der Waals surface area contributed by atoms with Gasteiger partial charge in [-0.25, -0.2) is 0 Å². The maximum absolute atomic E-state index is 4.74. The molecule has 0 saturated carbocycles. The van der Waals surface area contributed by atoms with Gasteiger partial charge in [-0.05, 0) is 69.0 Å². The minimum atomic E-state index is 1.04. The monoisotopic (exact) mass is 290 g/mol. The third-order valence-corrected chi connectivity index (χ3v) is 4.51. The molecule has 0 spiro atoms. The molecule has 0 radical (unpaired) electrons. The van der Waals surface area contributed by atoms with Crippen molar-refractivity contribution in [2.24, 2.45) is 0 Å². The number of fused-ring (bicyclic) bond motifs is 1. The normalized spacial score (nSPS) is 11.0. The van der Waals surface area contributed by atoms with E-state index in [1.165, 1.54) is 27.6 Å². The quantitative estimate of drug-likeness (QED) is 0.672. The molecule has 0 amide bonds. The molecule has 1 heterocycles. The van der Waals surface area contributed by atoms with Gasteiger partial charge in [0.15, 0.2) is 0 Å². The molecule has 3 aromatic rings. The Kier molecular flexibility index (Phi) is 3.61. The molecule has 0 atom stereocenters. The van der Waals surface area contributed by atoms with E-state index in [-0.39, 0.29) is 0 Å². The average molecular weight is 290 g/mol. The second-order valence-electron chi connectivity index (χ2n) is 6.09. The molecule has 2 aromatic carbocycles. The van der Waals surface area contributed by atoms with Gasteiger partial charge in [-0.2, -0.15) is 0 Å². The Morgan fingerprint density at radius 1 is 0.773 bits per heavy atom. The molecule has 0 aliphatic heterocycles. The van der Waals surface area contributed by atoms with Gasteiger partial charge < -0.3 is 5.32 Å². The maximum atomic E-state index is 4.74. The topological polar surface area (TPSA) is 24.9 Å². The number of pyridine rings is 1. The van der Waals surface area contributed by atoms with Crippen LogP contribution in [-0.2, 0) is 0 Å². The first kappa shape index (κ1) is 14.6. The first-order valence-corrected chi connectivity index (χ1v) is 7.68. The number of anilines is 2. The summed E-state index contributed by atoms with van der Waals surface area (Å²) in [4.78, 5) is 4.74. The van der Waals surface area contributed by atoms with E-state index in [9.17, 15) is 0 Å². The zero-order valence-corrected chi connectivity index (χ0v) is 13.9. The van der Waals surface area contributed by atoms with Gasteiger partial charge in [0, 0.05) is 22.5 Å². The summed E-state index contributed by atoms with van der Waals surface area (Å²) in [6.45, 7) is 10.6. The molecule has 1 aromatic heterocycles.